The van der Waals surface area contributed by atoms with Crippen LogP contribution in [0, 0.1) is 0 Å². The summed E-state index contributed by atoms with van der Waals surface area (Å²) in [7, 11) is 0. The van der Waals surface area contributed by atoms with E-state index in [2.05, 4.69) is 0 Å². The summed E-state index contributed by atoms with van der Waals surface area (Å²) in [4.78, 5) is 0. The van der Waals surface area contributed by atoms with E-state index in [1.54, 1.807) is 0 Å². The number of allylic oxidation sites excluding steroid dienone is 1. The minimum absolute atomic E-state index is 0.0336. The van der Waals surface area contributed by atoms with Gasteiger partial charge in [-0.3, -0.25) is 0 Å². The lowest BCUT2D eigenvalue weighted by Gasteiger charge is -1.93. The molecule has 0 unspecified atom stereocenters. The molecule has 2 N–H and O–H groups in total. The van der Waals surface area contributed by atoms with Crippen LogP contribution in [0.15, 0.2) is 11.1 Å². The highest BCUT2D eigenvalue weighted by Gasteiger charge is 2.15. The van der Waals surface area contributed by atoms with Crippen LogP contribution in [-0.2, 0) is 0 Å². The highest BCUT2D eigenvalue weighted by molar-refractivity contribution is 5.25. The second-order valence-corrected chi connectivity index (χ2v) is 2.02. The molecule has 0 aliphatic heterocycles. The maximum absolute atomic E-state index is 8.52. The van der Waals surface area contributed by atoms with Crippen LogP contribution in [0.25, 0.3) is 0 Å². The van der Waals surface area contributed by atoms with Crippen molar-refractivity contribution in [1.82, 2.24) is 0 Å². The van der Waals surface area contributed by atoms with Crippen LogP contribution in [0.4, 0.5) is 0 Å². The third kappa shape index (κ3) is 1.08. The van der Waals surface area contributed by atoms with Crippen molar-refractivity contribution in [3.05, 3.63) is 11.1 Å². The molecule has 8 heavy (non-hydrogen) atoms. The molecule has 0 saturated heterocycles. The fourth-order valence-electron chi connectivity index (χ4n) is 0.690. The molecule has 2 heteroatoms. The number of rotatable bonds is 2. The van der Waals surface area contributed by atoms with Gasteiger partial charge in [-0.2, -0.15) is 0 Å². The van der Waals surface area contributed by atoms with Crippen LogP contribution in [0.5, 0.6) is 0 Å². The van der Waals surface area contributed by atoms with Crippen LogP contribution in [-0.4, -0.2) is 23.4 Å². The maximum Gasteiger partial charge on any atom is 0.0666 e. The summed E-state index contributed by atoms with van der Waals surface area (Å²) in [6, 6.07) is 0. The highest BCUT2D eigenvalue weighted by atomic mass is 16.3. The minimum Gasteiger partial charge on any atom is -0.392 e. The van der Waals surface area contributed by atoms with Gasteiger partial charge in [0.1, 0.15) is 0 Å². The van der Waals surface area contributed by atoms with Crippen molar-refractivity contribution in [3.8, 4) is 0 Å². The normalized spacial score (nSPS) is 16.5. The van der Waals surface area contributed by atoms with E-state index in [4.69, 9.17) is 10.2 Å². The molecule has 1 saturated carbocycles. The molecule has 1 aliphatic carbocycles. The Morgan fingerprint density at radius 2 is 1.75 bits per heavy atom. The van der Waals surface area contributed by atoms with Crippen molar-refractivity contribution in [2.75, 3.05) is 13.2 Å². The Morgan fingerprint density at radius 1 is 1.25 bits per heavy atom. The van der Waals surface area contributed by atoms with Gasteiger partial charge in [0.25, 0.3) is 0 Å². The van der Waals surface area contributed by atoms with Crippen molar-refractivity contribution >= 4 is 0 Å². The van der Waals surface area contributed by atoms with Crippen LogP contribution in [0.3, 0.4) is 0 Å². The first-order valence-corrected chi connectivity index (χ1v) is 2.80. The van der Waals surface area contributed by atoms with Gasteiger partial charge in [0.15, 0.2) is 0 Å². The van der Waals surface area contributed by atoms with Crippen LogP contribution in [0.2, 0.25) is 0 Å². The Kier molecular flexibility index (Phi) is 1.65. The summed E-state index contributed by atoms with van der Waals surface area (Å²) in [5, 5.41) is 17.0. The number of hydrogen-bond acceptors (Lipinski definition) is 2. The van der Waals surface area contributed by atoms with Crippen LogP contribution in [0.1, 0.15) is 12.8 Å². The second kappa shape index (κ2) is 2.29. The van der Waals surface area contributed by atoms with Crippen LogP contribution >= 0.6 is 0 Å². The Bertz CT molecular complexity index is 104. The van der Waals surface area contributed by atoms with E-state index in [-0.39, 0.29) is 13.2 Å². The third-order valence-electron chi connectivity index (χ3n) is 1.38. The molecule has 0 radical (unpaired) electrons. The lowest BCUT2D eigenvalue weighted by molar-refractivity contribution is 0.276. The lowest BCUT2D eigenvalue weighted by atomic mass is 10.3. The molecule has 0 atom stereocenters. The minimum atomic E-state index is 0.0336. The smallest absolute Gasteiger partial charge is 0.0666 e. The van der Waals surface area contributed by atoms with Gasteiger partial charge in [-0.15, -0.1) is 0 Å². The predicted octanol–water partition coefficient (Wildman–Crippen LogP) is 0.0614. The van der Waals surface area contributed by atoms with E-state index in [1.165, 1.54) is 5.57 Å². The standard InChI is InChI=1S/C6H10O2/c7-3-6(4-8)5-1-2-5/h7-8H,1-4H2. The molecule has 1 rings (SSSR count). The van der Waals surface area contributed by atoms with Crippen molar-refractivity contribution in [1.29, 1.82) is 0 Å². The van der Waals surface area contributed by atoms with E-state index in [0.29, 0.717) is 0 Å². The Morgan fingerprint density at radius 3 is 1.88 bits per heavy atom. The van der Waals surface area contributed by atoms with E-state index in [9.17, 15) is 0 Å². The molecule has 1 aliphatic rings. The fourth-order valence-corrected chi connectivity index (χ4v) is 0.690. The molecule has 1 fully saturated rings. The largest absolute Gasteiger partial charge is 0.392 e. The first-order chi connectivity index (χ1) is 3.88. The van der Waals surface area contributed by atoms with E-state index >= 15 is 0 Å². The molecule has 0 spiro atoms. The third-order valence-corrected chi connectivity index (χ3v) is 1.38. The predicted molar refractivity (Wildman–Crippen MR) is 30.4 cm³/mol. The van der Waals surface area contributed by atoms with Gasteiger partial charge < -0.3 is 10.2 Å². The van der Waals surface area contributed by atoms with E-state index in [0.717, 1.165) is 18.4 Å². The zero-order chi connectivity index (χ0) is 5.98. The van der Waals surface area contributed by atoms with Gasteiger partial charge in [0.05, 0.1) is 13.2 Å². The van der Waals surface area contributed by atoms with E-state index < -0.39 is 0 Å². The molecule has 0 heterocycles. The quantitative estimate of drug-likeness (QED) is 0.498. The van der Waals surface area contributed by atoms with Crippen molar-refractivity contribution in [2.24, 2.45) is 0 Å². The second-order valence-electron chi connectivity index (χ2n) is 2.02. The first-order valence-electron chi connectivity index (χ1n) is 2.80. The maximum atomic E-state index is 8.52. The van der Waals surface area contributed by atoms with Crippen molar-refractivity contribution in [2.45, 2.75) is 12.8 Å². The Labute approximate surface area is 48.5 Å². The molecule has 0 amide bonds. The summed E-state index contributed by atoms with van der Waals surface area (Å²) in [5.74, 6) is 0. The summed E-state index contributed by atoms with van der Waals surface area (Å²) >= 11 is 0. The average molecular weight is 114 g/mol. The fraction of sp³-hybridized carbons (Fsp3) is 0.667. The zero-order valence-corrected chi connectivity index (χ0v) is 4.72. The molecule has 46 valence electrons. The summed E-state index contributed by atoms with van der Waals surface area (Å²) in [5.41, 5.74) is 2.07. The van der Waals surface area contributed by atoms with E-state index in [1.807, 2.05) is 0 Å². The number of hydrogen-bond donors (Lipinski definition) is 2. The van der Waals surface area contributed by atoms with Gasteiger partial charge in [-0.05, 0) is 18.4 Å². The monoisotopic (exact) mass is 114 g/mol. The highest BCUT2D eigenvalue weighted by Crippen LogP contribution is 2.30. The topological polar surface area (TPSA) is 40.5 Å². The van der Waals surface area contributed by atoms with Gasteiger partial charge in [0, 0.05) is 0 Å². The number of aliphatic hydroxyl groups is 2. The molecular weight excluding hydrogens is 104 g/mol. The van der Waals surface area contributed by atoms with Crippen molar-refractivity contribution < 1.29 is 10.2 Å². The SMILES string of the molecule is OCC(CO)=C1CC1. The van der Waals surface area contributed by atoms with Gasteiger partial charge >= 0.3 is 0 Å². The van der Waals surface area contributed by atoms with Crippen LogP contribution < -0.4 is 0 Å². The summed E-state index contributed by atoms with van der Waals surface area (Å²) in [6.45, 7) is 0.0671. The van der Waals surface area contributed by atoms with Gasteiger partial charge in [-0.25, -0.2) is 0 Å². The molecule has 0 aromatic rings. The Balaban J connectivity index is 2.49. The van der Waals surface area contributed by atoms with Crippen molar-refractivity contribution in [3.63, 3.8) is 0 Å². The summed E-state index contributed by atoms with van der Waals surface area (Å²) < 4.78 is 0. The molecule has 0 aromatic carbocycles. The molecular formula is C6H10O2. The molecule has 0 bridgehead atoms. The molecule has 0 aromatic heterocycles. The summed E-state index contributed by atoms with van der Waals surface area (Å²) in [6.07, 6.45) is 2.16. The Hall–Kier alpha value is -0.340. The zero-order valence-electron chi connectivity index (χ0n) is 4.72. The van der Waals surface area contributed by atoms with Gasteiger partial charge in [0.2, 0.25) is 0 Å². The first kappa shape index (κ1) is 5.79. The average Bonchev–Trinajstić information content (AvgIpc) is 2.53. The molecule has 2 nitrogen and oxygen atoms in total. The lowest BCUT2D eigenvalue weighted by Crippen LogP contribution is -1.94. The number of aliphatic hydroxyl groups excluding tert-OH is 2. The van der Waals surface area contributed by atoms with Gasteiger partial charge in [-0.1, -0.05) is 5.57 Å².